The van der Waals surface area contributed by atoms with Crippen LogP contribution in [0.5, 0.6) is 0 Å². The van der Waals surface area contributed by atoms with E-state index in [-0.39, 0.29) is 64.6 Å². The maximum atomic E-state index is 13.5. The Balaban J connectivity index is 3.35. The molecule has 1 fully saturated rings. The van der Waals surface area contributed by atoms with Crippen LogP contribution in [0.15, 0.2) is 0 Å². The molecule has 0 bridgehead atoms. The standard InChI is InChI=1S/C26H43N9O12/c1-16(37)34(46)10-4-7-18-24(42)29-13-22(40)27-12-21(39)28-14-23(41)30-19(6-3-9-33(45)15-36)25(43)32-20(26(44)31-18)8-5-11-35(47)17(2)38/h15,18-20,45-47H,3-14H2,1-2H3,(H,27,40)(H,28,39)(H,29,42)(H,30,41)(H,31,44)(H,32,43)/t18-,19-,20-/m0/s1. The number of rotatable bonds is 13. The highest BCUT2D eigenvalue weighted by Gasteiger charge is 2.30. The van der Waals surface area contributed by atoms with Crippen LogP contribution in [0.25, 0.3) is 0 Å². The van der Waals surface area contributed by atoms with Crippen molar-refractivity contribution in [1.29, 1.82) is 0 Å². The van der Waals surface area contributed by atoms with Gasteiger partial charge in [0.1, 0.15) is 18.1 Å². The molecule has 9 amide bonds. The molecule has 1 saturated heterocycles. The lowest BCUT2D eigenvalue weighted by molar-refractivity contribution is -0.163. The Morgan fingerprint density at radius 3 is 1.45 bits per heavy atom. The van der Waals surface area contributed by atoms with E-state index >= 15 is 0 Å². The summed E-state index contributed by atoms with van der Waals surface area (Å²) in [4.78, 5) is 110. The Kier molecular flexibility index (Phi) is 17.9. The zero-order valence-electron chi connectivity index (χ0n) is 26.2. The quantitative estimate of drug-likeness (QED) is 0.0508. The molecule has 47 heavy (non-hydrogen) atoms. The summed E-state index contributed by atoms with van der Waals surface area (Å²) in [6.45, 7) is -0.218. The van der Waals surface area contributed by atoms with Crippen molar-refractivity contribution in [3.63, 3.8) is 0 Å². The van der Waals surface area contributed by atoms with Gasteiger partial charge in [0.15, 0.2) is 0 Å². The van der Waals surface area contributed by atoms with E-state index in [4.69, 9.17) is 0 Å². The van der Waals surface area contributed by atoms with Crippen molar-refractivity contribution in [2.75, 3.05) is 39.3 Å². The summed E-state index contributed by atoms with van der Waals surface area (Å²) in [6, 6.07) is -4.10. The molecule has 1 rings (SSSR count). The predicted octanol–water partition coefficient (Wildman–Crippen LogP) is -4.53. The van der Waals surface area contributed by atoms with E-state index in [0.717, 1.165) is 13.8 Å². The van der Waals surface area contributed by atoms with Gasteiger partial charge in [-0.2, -0.15) is 0 Å². The molecule has 21 heteroatoms. The lowest BCUT2D eigenvalue weighted by Crippen LogP contribution is -2.58. The minimum Gasteiger partial charge on any atom is -0.346 e. The van der Waals surface area contributed by atoms with Crippen LogP contribution in [0.2, 0.25) is 0 Å². The highest BCUT2D eigenvalue weighted by atomic mass is 16.5. The van der Waals surface area contributed by atoms with Gasteiger partial charge in [-0.3, -0.25) is 58.8 Å². The number of hydroxylamine groups is 6. The fourth-order valence-corrected chi connectivity index (χ4v) is 4.09. The van der Waals surface area contributed by atoms with Crippen LogP contribution in [-0.2, 0) is 43.2 Å². The molecular weight excluding hydrogens is 630 g/mol. The topological polar surface area (TPSA) is 296 Å². The van der Waals surface area contributed by atoms with Crippen molar-refractivity contribution in [3.8, 4) is 0 Å². The van der Waals surface area contributed by atoms with Crippen LogP contribution in [0, 0.1) is 0 Å². The maximum Gasteiger partial charge on any atom is 0.243 e. The summed E-state index contributed by atoms with van der Waals surface area (Å²) in [6.07, 6.45) is -0.348. The monoisotopic (exact) mass is 673 g/mol. The van der Waals surface area contributed by atoms with Crippen molar-refractivity contribution >= 4 is 53.7 Å². The normalized spacial score (nSPS) is 20.1. The largest absolute Gasteiger partial charge is 0.346 e. The zero-order valence-corrected chi connectivity index (χ0v) is 26.2. The first-order valence-corrected chi connectivity index (χ1v) is 14.7. The second kappa shape index (κ2) is 21.0. The lowest BCUT2D eigenvalue weighted by atomic mass is 10.1. The highest BCUT2D eigenvalue weighted by molar-refractivity contribution is 5.96. The Morgan fingerprint density at radius 1 is 0.617 bits per heavy atom. The fourth-order valence-electron chi connectivity index (χ4n) is 4.09. The Labute approximate surface area is 269 Å². The smallest absolute Gasteiger partial charge is 0.243 e. The summed E-state index contributed by atoms with van der Waals surface area (Å²) in [7, 11) is 0. The summed E-state index contributed by atoms with van der Waals surface area (Å²) in [5.74, 6) is -6.36. The van der Waals surface area contributed by atoms with Gasteiger partial charge in [0.05, 0.1) is 19.6 Å². The summed E-state index contributed by atoms with van der Waals surface area (Å²) >= 11 is 0. The van der Waals surface area contributed by atoms with Crippen LogP contribution >= 0.6 is 0 Å². The van der Waals surface area contributed by atoms with Gasteiger partial charge >= 0.3 is 0 Å². The molecule has 0 radical (unpaired) electrons. The van der Waals surface area contributed by atoms with Gasteiger partial charge in [0.25, 0.3) is 0 Å². The molecule has 0 spiro atoms. The van der Waals surface area contributed by atoms with Gasteiger partial charge in [0.2, 0.25) is 53.7 Å². The summed E-state index contributed by atoms with van der Waals surface area (Å²) in [5, 5.41) is 44.1. The van der Waals surface area contributed by atoms with Gasteiger partial charge in [-0.25, -0.2) is 15.2 Å². The van der Waals surface area contributed by atoms with E-state index in [1.54, 1.807) is 0 Å². The van der Waals surface area contributed by atoms with Crippen LogP contribution in [0.1, 0.15) is 52.4 Å². The number of amides is 9. The maximum absolute atomic E-state index is 13.5. The molecule has 0 unspecified atom stereocenters. The lowest BCUT2D eigenvalue weighted by Gasteiger charge is -2.26. The SMILES string of the molecule is CC(=O)N(O)CCC[C@@H]1NC(=O)[C@H](CCCN(O)C(C)=O)NC(=O)[C@H](CCCN(O)C=O)NC(=O)CNC(=O)CNC(=O)CNC1=O. The van der Waals surface area contributed by atoms with Crippen LogP contribution < -0.4 is 31.9 Å². The Morgan fingerprint density at radius 2 is 1.00 bits per heavy atom. The first-order chi connectivity index (χ1) is 22.1. The molecular formula is C26H43N9O12. The molecule has 3 atom stereocenters. The summed E-state index contributed by atoms with van der Waals surface area (Å²) < 4.78 is 0. The van der Waals surface area contributed by atoms with E-state index in [1.165, 1.54) is 0 Å². The van der Waals surface area contributed by atoms with Crippen molar-refractivity contribution in [1.82, 2.24) is 47.1 Å². The average Bonchev–Trinajstić information content (AvgIpc) is 3.02. The van der Waals surface area contributed by atoms with Gasteiger partial charge in [-0.15, -0.1) is 0 Å². The third kappa shape index (κ3) is 16.3. The van der Waals surface area contributed by atoms with Crippen molar-refractivity contribution in [2.24, 2.45) is 0 Å². The second-order valence-electron chi connectivity index (χ2n) is 10.5. The highest BCUT2D eigenvalue weighted by Crippen LogP contribution is 2.07. The van der Waals surface area contributed by atoms with Gasteiger partial charge in [-0.05, 0) is 38.5 Å². The number of nitrogens with one attached hydrogen (secondary N) is 6. The van der Waals surface area contributed by atoms with Gasteiger partial charge in [0, 0.05) is 33.5 Å². The first-order valence-electron chi connectivity index (χ1n) is 14.7. The predicted molar refractivity (Wildman–Crippen MR) is 155 cm³/mol. The van der Waals surface area contributed by atoms with E-state index in [2.05, 4.69) is 31.9 Å². The molecule has 0 aromatic carbocycles. The molecule has 9 N–H and O–H groups in total. The number of carbonyl (C=O) groups is 9. The second-order valence-corrected chi connectivity index (χ2v) is 10.5. The third-order valence-corrected chi connectivity index (χ3v) is 6.69. The Bertz CT molecular complexity index is 1150. The molecule has 0 saturated carbocycles. The molecule has 0 aliphatic carbocycles. The average molecular weight is 674 g/mol. The fraction of sp³-hybridized carbons (Fsp3) is 0.654. The Hall–Kier alpha value is -4.89. The van der Waals surface area contributed by atoms with Crippen molar-refractivity contribution in [2.45, 2.75) is 70.5 Å². The molecule has 21 nitrogen and oxygen atoms in total. The van der Waals surface area contributed by atoms with Gasteiger partial charge < -0.3 is 31.9 Å². The molecule has 264 valence electrons. The molecule has 0 aromatic rings. The number of carbonyl (C=O) groups excluding carboxylic acids is 9. The van der Waals surface area contributed by atoms with E-state index in [1.807, 2.05) is 0 Å². The zero-order chi connectivity index (χ0) is 35.5. The minimum atomic E-state index is -1.41. The molecule has 1 aliphatic heterocycles. The van der Waals surface area contributed by atoms with E-state index in [9.17, 15) is 58.8 Å². The minimum absolute atomic E-state index is 0.00529. The number of hydrogen-bond acceptors (Lipinski definition) is 12. The molecule has 1 aliphatic rings. The van der Waals surface area contributed by atoms with Gasteiger partial charge in [-0.1, -0.05) is 0 Å². The number of nitrogens with zero attached hydrogens (tertiary/aromatic N) is 3. The number of hydrogen-bond donors (Lipinski definition) is 9. The summed E-state index contributed by atoms with van der Waals surface area (Å²) in [5.41, 5.74) is 0. The molecule has 1 heterocycles. The van der Waals surface area contributed by atoms with Crippen LogP contribution in [-0.4, -0.2) is 142 Å². The third-order valence-electron chi connectivity index (χ3n) is 6.69. The van der Waals surface area contributed by atoms with E-state index < -0.39 is 85.0 Å². The van der Waals surface area contributed by atoms with Crippen LogP contribution in [0.3, 0.4) is 0 Å². The van der Waals surface area contributed by atoms with E-state index in [0.29, 0.717) is 15.2 Å². The first kappa shape index (κ1) is 40.1. The van der Waals surface area contributed by atoms with Crippen molar-refractivity contribution < 1.29 is 58.8 Å². The van der Waals surface area contributed by atoms with Crippen LogP contribution in [0.4, 0.5) is 0 Å². The van der Waals surface area contributed by atoms with Crippen molar-refractivity contribution in [3.05, 3.63) is 0 Å². The molecule has 0 aromatic heterocycles.